The molecular formula is C18H32N6S2. The summed E-state index contributed by atoms with van der Waals surface area (Å²) in [4.78, 5) is 0.348. The Morgan fingerprint density at radius 2 is 1.62 bits per heavy atom. The van der Waals surface area contributed by atoms with Gasteiger partial charge in [-0.3, -0.25) is 0 Å². The Morgan fingerprint density at radius 1 is 1.12 bits per heavy atom. The molecule has 0 bridgehead atoms. The Bertz CT molecular complexity index is 636. The number of nitrogens with zero attached hydrogens (tertiary/aromatic N) is 2. The number of rotatable bonds is 4. The van der Waals surface area contributed by atoms with E-state index in [4.69, 9.17) is 28.2 Å². The molecule has 146 valence electrons. The van der Waals surface area contributed by atoms with Crippen LogP contribution in [-0.4, -0.2) is 9.36 Å². The van der Waals surface area contributed by atoms with Gasteiger partial charge in [-0.2, -0.15) is 9.64 Å². The van der Waals surface area contributed by atoms with Crippen molar-refractivity contribution in [2.45, 2.75) is 47.5 Å². The first-order valence-corrected chi connectivity index (χ1v) is 9.44. The third kappa shape index (κ3) is 14.3. The minimum atomic E-state index is 0.287. The average molecular weight is 397 g/mol. The summed E-state index contributed by atoms with van der Waals surface area (Å²) in [6.45, 7) is 12.1. The van der Waals surface area contributed by atoms with Crippen LogP contribution in [0, 0.1) is 23.2 Å². The number of hydrogen-bond donors (Lipinski definition) is 4. The summed E-state index contributed by atoms with van der Waals surface area (Å²) in [5.74, 6) is 1.11. The molecule has 1 rings (SSSR count). The minimum absolute atomic E-state index is 0.287. The minimum Gasteiger partial charge on any atom is -0.402 e. The van der Waals surface area contributed by atoms with Crippen molar-refractivity contribution in [2.24, 2.45) is 29.0 Å². The SMILES string of the molecule is CC(C)/C(N)=C/C#N.CC(C)/C(N)=C/C(N)=S.CC(C)c1cc(N)sn1. The van der Waals surface area contributed by atoms with Crippen LogP contribution in [0.5, 0.6) is 0 Å². The largest absolute Gasteiger partial charge is 0.402 e. The van der Waals surface area contributed by atoms with Crippen LogP contribution in [0.2, 0.25) is 0 Å². The Labute approximate surface area is 167 Å². The van der Waals surface area contributed by atoms with E-state index >= 15 is 0 Å². The number of nitrogen functional groups attached to an aromatic ring is 1. The number of nitriles is 1. The Hall–Kier alpha value is -2.11. The van der Waals surface area contributed by atoms with E-state index in [0.29, 0.717) is 22.5 Å². The van der Waals surface area contributed by atoms with Gasteiger partial charge in [0.15, 0.2) is 0 Å². The second-order valence-corrected chi connectivity index (χ2v) is 7.75. The van der Waals surface area contributed by atoms with Crippen molar-refractivity contribution >= 4 is 33.7 Å². The van der Waals surface area contributed by atoms with Crippen molar-refractivity contribution in [3.05, 3.63) is 35.3 Å². The van der Waals surface area contributed by atoms with Crippen molar-refractivity contribution < 1.29 is 0 Å². The van der Waals surface area contributed by atoms with Crippen LogP contribution in [0.15, 0.2) is 29.6 Å². The summed E-state index contributed by atoms with van der Waals surface area (Å²) in [5, 5.41) is 8.88. The van der Waals surface area contributed by atoms with E-state index in [2.05, 4.69) is 30.4 Å². The van der Waals surface area contributed by atoms with Gasteiger partial charge in [0, 0.05) is 17.5 Å². The highest BCUT2D eigenvalue weighted by molar-refractivity contribution is 7.80. The number of nitrogens with two attached hydrogens (primary N) is 4. The lowest BCUT2D eigenvalue weighted by atomic mass is 10.1. The highest BCUT2D eigenvalue weighted by atomic mass is 32.1. The molecule has 0 saturated carbocycles. The molecule has 0 aromatic carbocycles. The first kappa shape index (κ1) is 26.1. The van der Waals surface area contributed by atoms with Crippen LogP contribution in [-0.2, 0) is 0 Å². The van der Waals surface area contributed by atoms with Crippen LogP contribution >= 0.6 is 23.8 Å². The Kier molecular flexibility index (Phi) is 14.2. The van der Waals surface area contributed by atoms with Gasteiger partial charge in [-0.05, 0) is 41.4 Å². The van der Waals surface area contributed by atoms with E-state index < -0.39 is 0 Å². The predicted octanol–water partition coefficient (Wildman–Crippen LogP) is 3.63. The summed E-state index contributed by atoms with van der Waals surface area (Å²) in [5.41, 5.74) is 24.0. The molecule has 8 heteroatoms. The number of anilines is 1. The van der Waals surface area contributed by atoms with Crippen molar-refractivity contribution in [2.75, 3.05) is 5.73 Å². The third-order valence-corrected chi connectivity index (χ3v) is 3.76. The lowest BCUT2D eigenvalue weighted by molar-refractivity contribution is 0.758. The molecule has 0 aliphatic heterocycles. The number of thiocarbonyl (C=S) groups is 1. The van der Waals surface area contributed by atoms with E-state index in [0.717, 1.165) is 16.4 Å². The van der Waals surface area contributed by atoms with E-state index in [1.54, 1.807) is 6.08 Å². The second kappa shape index (κ2) is 14.1. The molecule has 0 aliphatic carbocycles. The zero-order valence-electron chi connectivity index (χ0n) is 16.5. The van der Waals surface area contributed by atoms with Crippen molar-refractivity contribution in [1.82, 2.24) is 4.37 Å². The molecule has 26 heavy (non-hydrogen) atoms. The van der Waals surface area contributed by atoms with Gasteiger partial charge in [0.25, 0.3) is 0 Å². The maximum Gasteiger partial charge on any atom is 0.107 e. The summed E-state index contributed by atoms with van der Waals surface area (Å²) in [6, 6.07) is 3.79. The van der Waals surface area contributed by atoms with Gasteiger partial charge in [0.2, 0.25) is 0 Å². The van der Waals surface area contributed by atoms with Gasteiger partial charge < -0.3 is 22.9 Å². The fourth-order valence-electron chi connectivity index (χ4n) is 1.15. The van der Waals surface area contributed by atoms with E-state index in [-0.39, 0.29) is 5.92 Å². The summed E-state index contributed by atoms with van der Waals surface area (Å²) < 4.78 is 4.13. The second-order valence-electron chi connectivity index (χ2n) is 6.44. The molecule has 0 spiro atoms. The maximum absolute atomic E-state index is 8.08. The van der Waals surface area contributed by atoms with Gasteiger partial charge in [-0.25, -0.2) is 0 Å². The summed E-state index contributed by atoms with van der Waals surface area (Å²) in [6.07, 6.45) is 2.98. The van der Waals surface area contributed by atoms with Crippen LogP contribution < -0.4 is 22.9 Å². The topological polar surface area (TPSA) is 141 Å². The molecule has 6 nitrogen and oxygen atoms in total. The molecule has 0 fully saturated rings. The van der Waals surface area contributed by atoms with Gasteiger partial charge >= 0.3 is 0 Å². The summed E-state index contributed by atoms with van der Waals surface area (Å²) >= 11 is 5.97. The monoisotopic (exact) mass is 396 g/mol. The van der Waals surface area contributed by atoms with E-state index in [1.165, 1.54) is 17.6 Å². The molecule has 1 heterocycles. The first-order chi connectivity index (χ1) is 11.9. The molecule has 1 aromatic rings. The van der Waals surface area contributed by atoms with Gasteiger partial charge in [0.05, 0.1) is 16.8 Å². The molecule has 0 unspecified atom stereocenters. The highest BCUT2D eigenvalue weighted by Crippen LogP contribution is 2.18. The molecule has 0 atom stereocenters. The van der Waals surface area contributed by atoms with Gasteiger partial charge in [-0.15, -0.1) is 0 Å². The average Bonchev–Trinajstić information content (AvgIpc) is 2.95. The quantitative estimate of drug-likeness (QED) is 0.346. The van der Waals surface area contributed by atoms with Crippen molar-refractivity contribution in [3.63, 3.8) is 0 Å². The number of allylic oxidation sites excluding steroid dienone is 3. The molecule has 0 saturated heterocycles. The van der Waals surface area contributed by atoms with Crippen LogP contribution in [0.4, 0.5) is 5.00 Å². The lowest BCUT2D eigenvalue weighted by Gasteiger charge is -2.02. The summed E-state index contributed by atoms with van der Waals surface area (Å²) in [7, 11) is 0. The molecule has 1 aromatic heterocycles. The fraction of sp³-hybridized carbons (Fsp3) is 0.500. The zero-order chi connectivity index (χ0) is 20.9. The smallest absolute Gasteiger partial charge is 0.107 e. The van der Waals surface area contributed by atoms with Crippen LogP contribution in [0.25, 0.3) is 0 Å². The maximum atomic E-state index is 8.08. The first-order valence-electron chi connectivity index (χ1n) is 8.25. The highest BCUT2D eigenvalue weighted by Gasteiger charge is 2.01. The molecule has 0 amide bonds. The Balaban J connectivity index is 0. The fourth-order valence-corrected chi connectivity index (χ4v) is 1.93. The van der Waals surface area contributed by atoms with Crippen molar-refractivity contribution in [3.8, 4) is 6.07 Å². The molecule has 8 N–H and O–H groups in total. The van der Waals surface area contributed by atoms with Crippen LogP contribution in [0.1, 0.15) is 53.2 Å². The van der Waals surface area contributed by atoms with Gasteiger partial charge in [-0.1, -0.05) is 53.8 Å². The zero-order valence-corrected chi connectivity index (χ0v) is 18.1. The van der Waals surface area contributed by atoms with Crippen LogP contribution in [0.3, 0.4) is 0 Å². The normalized spacial score (nSPS) is 11.4. The lowest BCUT2D eigenvalue weighted by Crippen LogP contribution is -2.11. The third-order valence-electron chi connectivity index (χ3n) is 3.01. The predicted molar refractivity (Wildman–Crippen MR) is 117 cm³/mol. The molecule has 0 aliphatic rings. The standard InChI is InChI=1S/C6H10N2S.C6H12N2S.C6H10N2/c1-4(2)5-3-6(7)9-8-5;1-4(2)5(7)3-6(8)9;1-5(2)6(8)3-4-7/h3-4H,7H2,1-2H3;3-4H,7H2,1-2H3,(H2,8,9);3,5H,8H2,1-2H3/b;5-3-;6-3-. The Morgan fingerprint density at radius 3 is 1.77 bits per heavy atom. The van der Waals surface area contributed by atoms with Gasteiger partial charge in [0.1, 0.15) is 5.00 Å². The molecular weight excluding hydrogens is 364 g/mol. The number of hydrogen-bond acceptors (Lipinski definition) is 7. The number of aromatic nitrogens is 1. The van der Waals surface area contributed by atoms with E-state index in [9.17, 15) is 0 Å². The molecule has 0 radical (unpaired) electrons. The van der Waals surface area contributed by atoms with E-state index in [1.807, 2.05) is 39.8 Å². The van der Waals surface area contributed by atoms with Crippen molar-refractivity contribution in [1.29, 1.82) is 5.26 Å².